The molecule has 1 fully saturated rings. The zero-order chi connectivity index (χ0) is 15.5. The largest absolute Gasteiger partial charge is 0.497 e. The van der Waals surface area contributed by atoms with Gasteiger partial charge in [0.1, 0.15) is 11.5 Å². The predicted molar refractivity (Wildman–Crippen MR) is 87.6 cm³/mol. The van der Waals surface area contributed by atoms with Gasteiger partial charge in [0.2, 0.25) is 0 Å². The third kappa shape index (κ3) is 3.82. The second kappa shape index (κ2) is 6.56. The molecule has 0 radical (unpaired) electrons. The SMILES string of the molecule is COc1ccc(N2CCCNC(C(C)(C)C)C2)c(OC)c1. The molecular weight excluding hydrogens is 264 g/mol. The van der Waals surface area contributed by atoms with E-state index in [1.54, 1.807) is 14.2 Å². The molecule has 2 rings (SSSR count). The number of anilines is 1. The van der Waals surface area contributed by atoms with E-state index in [-0.39, 0.29) is 5.41 Å². The smallest absolute Gasteiger partial charge is 0.145 e. The summed E-state index contributed by atoms with van der Waals surface area (Å²) in [4.78, 5) is 2.42. The number of nitrogens with zero attached hydrogens (tertiary/aromatic N) is 1. The molecule has 0 spiro atoms. The maximum absolute atomic E-state index is 5.56. The molecule has 4 heteroatoms. The van der Waals surface area contributed by atoms with Gasteiger partial charge in [0.05, 0.1) is 19.9 Å². The standard InChI is InChI=1S/C17H28N2O2/c1-17(2,3)16-12-19(10-6-9-18-16)14-8-7-13(20-4)11-15(14)21-5/h7-8,11,16,18H,6,9-10,12H2,1-5H3. The molecule has 1 aliphatic heterocycles. The average Bonchev–Trinajstić information content (AvgIpc) is 2.72. The van der Waals surface area contributed by atoms with E-state index in [4.69, 9.17) is 9.47 Å². The topological polar surface area (TPSA) is 33.7 Å². The van der Waals surface area contributed by atoms with Crippen LogP contribution < -0.4 is 19.7 Å². The summed E-state index contributed by atoms with van der Waals surface area (Å²) >= 11 is 0. The van der Waals surface area contributed by atoms with Crippen molar-refractivity contribution in [2.24, 2.45) is 5.41 Å². The number of benzene rings is 1. The van der Waals surface area contributed by atoms with Gasteiger partial charge in [-0.3, -0.25) is 0 Å². The summed E-state index contributed by atoms with van der Waals surface area (Å²) < 4.78 is 10.8. The van der Waals surface area contributed by atoms with Crippen molar-refractivity contribution in [1.82, 2.24) is 5.32 Å². The normalized spacial score (nSPS) is 20.0. The van der Waals surface area contributed by atoms with Crippen LogP contribution in [-0.2, 0) is 0 Å². The Morgan fingerprint density at radius 2 is 1.95 bits per heavy atom. The molecule has 1 aliphatic rings. The highest BCUT2D eigenvalue weighted by Crippen LogP contribution is 2.34. The first-order chi connectivity index (χ1) is 9.95. The van der Waals surface area contributed by atoms with Crippen molar-refractivity contribution < 1.29 is 9.47 Å². The summed E-state index contributed by atoms with van der Waals surface area (Å²) in [5.41, 5.74) is 1.39. The van der Waals surface area contributed by atoms with Crippen LogP contribution in [0.2, 0.25) is 0 Å². The van der Waals surface area contributed by atoms with Gasteiger partial charge in [-0.05, 0) is 30.5 Å². The Bertz CT molecular complexity index is 468. The van der Waals surface area contributed by atoms with E-state index in [9.17, 15) is 0 Å². The number of hydrogen-bond acceptors (Lipinski definition) is 4. The minimum Gasteiger partial charge on any atom is -0.497 e. The zero-order valence-electron chi connectivity index (χ0n) is 13.9. The first-order valence-corrected chi connectivity index (χ1v) is 7.66. The monoisotopic (exact) mass is 292 g/mol. The fraction of sp³-hybridized carbons (Fsp3) is 0.647. The lowest BCUT2D eigenvalue weighted by molar-refractivity contribution is 0.280. The number of rotatable bonds is 3. The Morgan fingerprint density at radius 1 is 1.19 bits per heavy atom. The number of hydrogen-bond donors (Lipinski definition) is 1. The summed E-state index contributed by atoms with van der Waals surface area (Å²) in [6.07, 6.45) is 1.14. The lowest BCUT2D eigenvalue weighted by Gasteiger charge is -2.35. The molecule has 1 atom stereocenters. The quantitative estimate of drug-likeness (QED) is 0.929. The highest BCUT2D eigenvalue weighted by molar-refractivity contribution is 5.61. The molecule has 1 saturated heterocycles. The summed E-state index contributed by atoms with van der Waals surface area (Å²) in [5, 5.41) is 3.67. The van der Waals surface area contributed by atoms with Gasteiger partial charge in [0.25, 0.3) is 0 Å². The van der Waals surface area contributed by atoms with Crippen molar-refractivity contribution in [3.63, 3.8) is 0 Å². The number of methoxy groups -OCH3 is 2. The fourth-order valence-corrected chi connectivity index (χ4v) is 2.77. The molecule has 0 amide bonds. The Kier molecular flexibility index (Phi) is 4.99. The van der Waals surface area contributed by atoms with Gasteiger partial charge in [-0.1, -0.05) is 20.8 Å². The van der Waals surface area contributed by atoms with Crippen LogP contribution in [-0.4, -0.2) is 39.9 Å². The van der Waals surface area contributed by atoms with E-state index in [1.165, 1.54) is 0 Å². The Hall–Kier alpha value is -1.42. The van der Waals surface area contributed by atoms with E-state index in [2.05, 4.69) is 37.1 Å². The third-order valence-electron chi connectivity index (χ3n) is 4.17. The van der Waals surface area contributed by atoms with Gasteiger partial charge in [0.15, 0.2) is 0 Å². The van der Waals surface area contributed by atoms with Crippen LogP contribution in [0.4, 0.5) is 5.69 Å². The summed E-state index contributed by atoms with van der Waals surface area (Å²) in [7, 11) is 3.40. The highest BCUT2D eigenvalue weighted by Gasteiger charge is 2.29. The third-order valence-corrected chi connectivity index (χ3v) is 4.17. The molecule has 118 valence electrons. The first-order valence-electron chi connectivity index (χ1n) is 7.66. The molecule has 0 bridgehead atoms. The second-order valence-electron chi connectivity index (χ2n) is 6.71. The van der Waals surface area contributed by atoms with Crippen LogP contribution >= 0.6 is 0 Å². The molecule has 1 unspecified atom stereocenters. The summed E-state index contributed by atoms with van der Waals surface area (Å²) in [6, 6.07) is 6.52. The van der Waals surface area contributed by atoms with Gasteiger partial charge in [-0.25, -0.2) is 0 Å². The summed E-state index contributed by atoms with van der Waals surface area (Å²) in [6.45, 7) is 9.98. The summed E-state index contributed by atoms with van der Waals surface area (Å²) in [5.74, 6) is 1.71. The molecule has 1 aromatic carbocycles. The van der Waals surface area contributed by atoms with E-state index in [1.807, 2.05) is 12.1 Å². The molecule has 1 heterocycles. The second-order valence-corrected chi connectivity index (χ2v) is 6.71. The molecule has 0 aromatic heterocycles. The molecule has 0 saturated carbocycles. The van der Waals surface area contributed by atoms with E-state index >= 15 is 0 Å². The lowest BCUT2D eigenvalue weighted by atomic mass is 9.86. The van der Waals surface area contributed by atoms with Gasteiger partial charge in [-0.15, -0.1) is 0 Å². The highest BCUT2D eigenvalue weighted by atomic mass is 16.5. The minimum atomic E-state index is 0.238. The van der Waals surface area contributed by atoms with Crippen molar-refractivity contribution in [2.75, 3.05) is 38.8 Å². The van der Waals surface area contributed by atoms with Gasteiger partial charge in [-0.2, -0.15) is 0 Å². The molecule has 4 nitrogen and oxygen atoms in total. The lowest BCUT2D eigenvalue weighted by Crippen LogP contribution is -2.46. The molecule has 1 N–H and O–H groups in total. The number of ether oxygens (including phenoxy) is 2. The van der Waals surface area contributed by atoms with E-state index < -0.39 is 0 Å². The molecule has 0 aliphatic carbocycles. The Balaban J connectivity index is 2.27. The average molecular weight is 292 g/mol. The Morgan fingerprint density at radius 3 is 2.57 bits per heavy atom. The van der Waals surface area contributed by atoms with Gasteiger partial charge in [0, 0.05) is 25.2 Å². The van der Waals surface area contributed by atoms with E-state index in [0.29, 0.717) is 6.04 Å². The molecular formula is C17H28N2O2. The Labute approximate surface area is 128 Å². The van der Waals surface area contributed by atoms with Crippen LogP contribution in [0, 0.1) is 5.41 Å². The molecule has 1 aromatic rings. The predicted octanol–water partition coefficient (Wildman–Crippen LogP) is 2.92. The van der Waals surface area contributed by atoms with Crippen LogP contribution in [0.5, 0.6) is 11.5 Å². The van der Waals surface area contributed by atoms with Gasteiger partial charge < -0.3 is 19.7 Å². The minimum absolute atomic E-state index is 0.238. The maximum Gasteiger partial charge on any atom is 0.145 e. The van der Waals surface area contributed by atoms with Crippen molar-refractivity contribution in [2.45, 2.75) is 33.2 Å². The van der Waals surface area contributed by atoms with Crippen molar-refractivity contribution in [1.29, 1.82) is 0 Å². The zero-order valence-corrected chi connectivity index (χ0v) is 13.9. The van der Waals surface area contributed by atoms with Crippen LogP contribution in [0.25, 0.3) is 0 Å². The van der Waals surface area contributed by atoms with Crippen LogP contribution in [0.3, 0.4) is 0 Å². The van der Waals surface area contributed by atoms with Crippen molar-refractivity contribution >= 4 is 5.69 Å². The van der Waals surface area contributed by atoms with Crippen molar-refractivity contribution in [3.8, 4) is 11.5 Å². The molecule has 21 heavy (non-hydrogen) atoms. The first kappa shape index (κ1) is 16.0. The maximum atomic E-state index is 5.56. The van der Waals surface area contributed by atoms with Crippen LogP contribution in [0.1, 0.15) is 27.2 Å². The van der Waals surface area contributed by atoms with Gasteiger partial charge >= 0.3 is 0 Å². The number of nitrogens with one attached hydrogen (secondary N) is 1. The van der Waals surface area contributed by atoms with Crippen molar-refractivity contribution in [3.05, 3.63) is 18.2 Å². The van der Waals surface area contributed by atoms with E-state index in [0.717, 1.165) is 43.2 Å². The van der Waals surface area contributed by atoms with Crippen LogP contribution in [0.15, 0.2) is 18.2 Å². The fourth-order valence-electron chi connectivity index (χ4n) is 2.77.